The molecule has 0 aliphatic carbocycles. The summed E-state index contributed by atoms with van der Waals surface area (Å²) in [6.07, 6.45) is 5.40. The number of aromatic nitrogens is 2. The van der Waals surface area contributed by atoms with Crippen LogP contribution < -0.4 is 11.3 Å². The Bertz CT molecular complexity index is 352. The number of hydrogen-bond donors (Lipinski definition) is 2. The average Bonchev–Trinajstić information content (AvgIpc) is 2.86. The van der Waals surface area contributed by atoms with Gasteiger partial charge in [0.1, 0.15) is 0 Å². The van der Waals surface area contributed by atoms with Crippen LogP contribution in [0.2, 0.25) is 0 Å². The predicted molar refractivity (Wildman–Crippen MR) is 72.1 cm³/mol. The van der Waals surface area contributed by atoms with Crippen molar-refractivity contribution in [3.8, 4) is 0 Å². The van der Waals surface area contributed by atoms with E-state index in [2.05, 4.69) is 21.9 Å². The van der Waals surface area contributed by atoms with Crippen LogP contribution in [-0.4, -0.2) is 22.8 Å². The Morgan fingerprint density at radius 3 is 2.94 bits per heavy atom. The second-order valence-electron chi connectivity index (χ2n) is 4.84. The van der Waals surface area contributed by atoms with Crippen molar-refractivity contribution in [3.05, 3.63) is 10.6 Å². The molecule has 2 heterocycles. The van der Waals surface area contributed by atoms with Crippen LogP contribution in [0, 0.1) is 5.92 Å². The Morgan fingerprint density at radius 1 is 1.50 bits per heavy atom. The standard InChI is InChI=1S/C12H22N4OS/c1-2-3-10-12(18-16-15-10)11(14-13)8-9-4-6-17-7-5-9/h9,11,14H,2-8,13H2,1H3. The van der Waals surface area contributed by atoms with Crippen molar-refractivity contribution in [1.29, 1.82) is 0 Å². The predicted octanol–water partition coefficient (Wildman–Crippen LogP) is 1.81. The Labute approximate surface area is 112 Å². The molecule has 102 valence electrons. The van der Waals surface area contributed by atoms with Crippen molar-refractivity contribution in [1.82, 2.24) is 15.0 Å². The summed E-state index contributed by atoms with van der Waals surface area (Å²) in [4.78, 5) is 1.21. The van der Waals surface area contributed by atoms with Gasteiger partial charge in [0.25, 0.3) is 0 Å². The molecule has 0 spiro atoms. The molecule has 0 bridgehead atoms. The van der Waals surface area contributed by atoms with Crippen molar-refractivity contribution in [2.75, 3.05) is 13.2 Å². The van der Waals surface area contributed by atoms with Gasteiger partial charge in [0, 0.05) is 13.2 Å². The number of hydrogen-bond acceptors (Lipinski definition) is 6. The van der Waals surface area contributed by atoms with Crippen LogP contribution in [-0.2, 0) is 11.2 Å². The van der Waals surface area contributed by atoms with Gasteiger partial charge in [-0.05, 0) is 43.1 Å². The van der Waals surface area contributed by atoms with E-state index in [1.165, 1.54) is 16.4 Å². The molecule has 1 aliphatic heterocycles. The van der Waals surface area contributed by atoms with Crippen molar-refractivity contribution in [3.63, 3.8) is 0 Å². The summed E-state index contributed by atoms with van der Waals surface area (Å²) in [5.41, 5.74) is 4.05. The van der Waals surface area contributed by atoms with Crippen LogP contribution in [0.3, 0.4) is 0 Å². The summed E-state index contributed by atoms with van der Waals surface area (Å²) in [6.45, 7) is 3.92. The molecule has 5 nitrogen and oxygen atoms in total. The molecule has 0 saturated carbocycles. The number of rotatable bonds is 6. The van der Waals surface area contributed by atoms with Crippen LogP contribution in [0.5, 0.6) is 0 Å². The van der Waals surface area contributed by atoms with E-state index >= 15 is 0 Å². The van der Waals surface area contributed by atoms with E-state index in [9.17, 15) is 0 Å². The van der Waals surface area contributed by atoms with Crippen molar-refractivity contribution >= 4 is 11.5 Å². The zero-order chi connectivity index (χ0) is 12.8. The summed E-state index contributed by atoms with van der Waals surface area (Å²) < 4.78 is 9.47. The lowest BCUT2D eigenvalue weighted by atomic mass is 9.91. The van der Waals surface area contributed by atoms with E-state index in [0.29, 0.717) is 5.92 Å². The molecular formula is C12H22N4OS. The van der Waals surface area contributed by atoms with Gasteiger partial charge in [-0.2, -0.15) is 0 Å². The number of hydrazine groups is 1. The fraction of sp³-hybridized carbons (Fsp3) is 0.833. The maximum Gasteiger partial charge on any atom is 0.0804 e. The minimum atomic E-state index is 0.189. The molecule has 0 amide bonds. The highest BCUT2D eigenvalue weighted by atomic mass is 32.1. The Kier molecular flexibility index (Phi) is 5.49. The number of ether oxygens (including phenoxy) is 1. The Balaban J connectivity index is 2.00. The molecule has 2 rings (SSSR count). The molecule has 3 N–H and O–H groups in total. The van der Waals surface area contributed by atoms with E-state index in [4.69, 9.17) is 10.6 Å². The van der Waals surface area contributed by atoms with Crippen molar-refractivity contribution < 1.29 is 4.74 Å². The van der Waals surface area contributed by atoms with Gasteiger partial charge in [0.15, 0.2) is 0 Å². The maximum atomic E-state index is 5.72. The highest BCUT2D eigenvalue weighted by Gasteiger charge is 2.23. The second kappa shape index (κ2) is 7.13. The molecule has 0 aromatic carbocycles. The number of nitrogens with zero attached hydrogens (tertiary/aromatic N) is 2. The molecule has 1 fully saturated rings. The maximum absolute atomic E-state index is 5.72. The molecule has 1 aromatic heterocycles. The second-order valence-corrected chi connectivity index (χ2v) is 5.63. The van der Waals surface area contributed by atoms with E-state index in [1.807, 2.05) is 0 Å². The molecule has 1 aliphatic rings. The fourth-order valence-electron chi connectivity index (χ4n) is 2.46. The van der Waals surface area contributed by atoms with Crippen LogP contribution >= 0.6 is 11.5 Å². The van der Waals surface area contributed by atoms with E-state index < -0.39 is 0 Å². The highest BCUT2D eigenvalue weighted by Crippen LogP contribution is 2.30. The lowest BCUT2D eigenvalue weighted by Gasteiger charge is -2.25. The van der Waals surface area contributed by atoms with Gasteiger partial charge in [0.05, 0.1) is 16.6 Å². The summed E-state index contributed by atoms with van der Waals surface area (Å²) in [7, 11) is 0. The summed E-state index contributed by atoms with van der Waals surface area (Å²) in [5.74, 6) is 6.41. The third-order valence-electron chi connectivity index (χ3n) is 3.50. The van der Waals surface area contributed by atoms with Gasteiger partial charge in [-0.25, -0.2) is 0 Å². The number of aryl methyl sites for hydroxylation is 1. The summed E-state index contributed by atoms with van der Waals surface area (Å²) in [6, 6.07) is 0.189. The largest absolute Gasteiger partial charge is 0.381 e. The number of nitrogens with two attached hydrogens (primary N) is 1. The number of nitrogens with one attached hydrogen (secondary N) is 1. The van der Waals surface area contributed by atoms with Gasteiger partial charge in [0.2, 0.25) is 0 Å². The van der Waals surface area contributed by atoms with Crippen molar-refractivity contribution in [2.45, 2.75) is 45.1 Å². The smallest absolute Gasteiger partial charge is 0.0804 e. The monoisotopic (exact) mass is 270 g/mol. The zero-order valence-corrected chi connectivity index (χ0v) is 11.7. The lowest BCUT2D eigenvalue weighted by molar-refractivity contribution is 0.0606. The van der Waals surface area contributed by atoms with E-state index in [-0.39, 0.29) is 6.04 Å². The van der Waals surface area contributed by atoms with Crippen LogP contribution in [0.15, 0.2) is 0 Å². The first-order chi connectivity index (χ1) is 8.85. The zero-order valence-electron chi connectivity index (χ0n) is 10.9. The minimum Gasteiger partial charge on any atom is -0.381 e. The average molecular weight is 270 g/mol. The van der Waals surface area contributed by atoms with Gasteiger partial charge in [-0.15, -0.1) is 5.10 Å². The third-order valence-corrected chi connectivity index (χ3v) is 4.38. The molecule has 18 heavy (non-hydrogen) atoms. The van der Waals surface area contributed by atoms with E-state index in [0.717, 1.165) is 51.0 Å². The molecule has 1 aromatic rings. The molecule has 1 atom stereocenters. The van der Waals surface area contributed by atoms with Crippen LogP contribution in [0.4, 0.5) is 0 Å². The fourth-order valence-corrected chi connectivity index (χ4v) is 3.22. The Hall–Kier alpha value is -0.560. The topological polar surface area (TPSA) is 73.1 Å². The van der Waals surface area contributed by atoms with Crippen LogP contribution in [0.25, 0.3) is 0 Å². The molecule has 1 saturated heterocycles. The molecule has 0 radical (unpaired) electrons. The quantitative estimate of drug-likeness (QED) is 0.609. The first-order valence-corrected chi connectivity index (χ1v) is 7.47. The molecular weight excluding hydrogens is 248 g/mol. The lowest BCUT2D eigenvalue weighted by Crippen LogP contribution is -2.31. The van der Waals surface area contributed by atoms with Gasteiger partial charge >= 0.3 is 0 Å². The first-order valence-electron chi connectivity index (χ1n) is 6.70. The third kappa shape index (κ3) is 3.47. The minimum absolute atomic E-state index is 0.189. The molecule has 6 heteroatoms. The highest BCUT2D eigenvalue weighted by molar-refractivity contribution is 7.05. The normalized spacial score (nSPS) is 19.0. The van der Waals surface area contributed by atoms with E-state index in [1.54, 1.807) is 0 Å². The van der Waals surface area contributed by atoms with Gasteiger partial charge < -0.3 is 4.74 Å². The summed E-state index contributed by atoms with van der Waals surface area (Å²) in [5, 5.41) is 4.22. The SMILES string of the molecule is CCCc1nnsc1C(CC1CCOCC1)NN. The van der Waals surface area contributed by atoms with Crippen molar-refractivity contribution in [2.24, 2.45) is 11.8 Å². The molecule has 1 unspecified atom stereocenters. The van der Waals surface area contributed by atoms with Crippen LogP contribution in [0.1, 0.15) is 49.2 Å². The van der Waals surface area contributed by atoms with Gasteiger partial charge in [-0.1, -0.05) is 17.8 Å². The first kappa shape index (κ1) is 13.9. The summed E-state index contributed by atoms with van der Waals surface area (Å²) >= 11 is 1.48. The van der Waals surface area contributed by atoms with Gasteiger partial charge in [-0.3, -0.25) is 11.3 Å². The Morgan fingerprint density at radius 2 is 2.28 bits per heavy atom.